The molecule has 2 aromatic rings. The number of hydrogen-bond donors (Lipinski definition) is 4. The summed E-state index contributed by atoms with van der Waals surface area (Å²) in [6.07, 6.45) is -0.734. The summed E-state index contributed by atoms with van der Waals surface area (Å²) >= 11 is 0. The lowest BCUT2D eigenvalue weighted by Crippen LogP contribution is -2.48. The molecule has 2 aromatic heterocycles. The number of H-pyrrole nitrogens is 1. The molecule has 0 radical (unpaired) electrons. The molecule has 4 atom stereocenters. The minimum Gasteiger partial charge on any atom is -0.396 e. The summed E-state index contributed by atoms with van der Waals surface area (Å²) in [5, 5.41) is 29.1. The van der Waals surface area contributed by atoms with E-state index in [1.165, 1.54) is 17.2 Å². The molecule has 1 aliphatic rings. The molecule has 1 saturated heterocycles. The van der Waals surface area contributed by atoms with Gasteiger partial charge >= 0.3 is 0 Å². The van der Waals surface area contributed by atoms with Gasteiger partial charge in [0.25, 0.3) is 5.56 Å². The normalized spacial score (nSPS) is 30.8. The fraction of sp³-hybridized carbons (Fsp3) is 0.545. The molecule has 1 fully saturated rings. The summed E-state index contributed by atoms with van der Waals surface area (Å²) in [6.45, 7) is -0.199. The summed E-state index contributed by atoms with van der Waals surface area (Å²) < 4.78 is 6.85. The lowest BCUT2D eigenvalue weighted by molar-refractivity contribution is -0.196. The van der Waals surface area contributed by atoms with Crippen LogP contribution >= 0.6 is 0 Å². The topological polar surface area (TPSA) is 133 Å². The van der Waals surface area contributed by atoms with Crippen molar-refractivity contribution in [3.05, 3.63) is 23.0 Å². The summed E-state index contributed by atoms with van der Waals surface area (Å²) in [4.78, 5) is 21.9. The number of rotatable bonds is 2. The second kappa shape index (κ2) is 4.94. The maximum Gasteiger partial charge on any atom is 0.278 e. The van der Waals surface area contributed by atoms with Crippen molar-refractivity contribution in [2.45, 2.75) is 18.4 Å². The van der Waals surface area contributed by atoms with Gasteiger partial charge in [-0.1, -0.05) is 0 Å². The number of hydrogen-bond acceptors (Lipinski definition) is 7. The molecular formula is C11H14N4O5. The average molecular weight is 282 g/mol. The van der Waals surface area contributed by atoms with E-state index in [4.69, 9.17) is 9.84 Å². The summed E-state index contributed by atoms with van der Waals surface area (Å²) in [5.41, 5.74) is -0.0117. The Morgan fingerprint density at radius 1 is 1.40 bits per heavy atom. The number of aromatic nitrogens is 4. The molecule has 1 aliphatic heterocycles. The minimum absolute atomic E-state index is 0.0856. The van der Waals surface area contributed by atoms with Crippen molar-refractivity contribution in [3.63, 3.8) is 0 Å². The average Bonchev–Trinajstić information content (AvgIpc) is 2.87. The first-order chi connectivity index (χ1) is 9.63. The van der Waals surface area contributed by atoms with Gasteiger partial charge in [-0.2, -0.15) is 0 Å². The maximum atomic E-state index is 11.6. The Morgan fingerprint density at radius 2 is 2.20 bits per heavy atom. The first-order valence-corrected chi connectivity index (χ1v) is 6.12. The molecule has 0 amide bonds. The monoisotopic (exact) mass is 282 g/mol. The number of imidazole rings is 1. The molecule has 108 valence electrons. The molecule has 3 rings (SSSR count). The number of aliphatic hydroxyl groups excluding tert-OH is 3. The van der Waals surface area contributed by atoms with Gasteiger partial charge < -0.3 is 25.0 Å². The summed E-state index contributed by atoms with van der Waals surface area (Å²) in [7, 11) is 0. The molecule has 4 N–H and O–H groups in total. The fourth-order valence-corrected chi connectivity index (χ4v) is 2.32. The first-order valence-electron chi connectivity index (χ1n) is 6.12. The van der Waals surface area contributed by atoms with Crippen LogP contribution in [0.15, 0.2) is 17.4 Å². The van der Waals surface area contributed by atoms with Crippen LogP contribution in [-0.4, -0.2) is 60.3 Å². The van der Waals surface area contributed by atoms with Gasteiger partial charge in [0.15, 0.2) is 17.4 Å². The predicted molar refractivity (Wildman–Crippen MR) is 65.7 cm³/mol. The van der Waals surface area contributed by atoms with Crippen LogP contribution in [0.25, 0.3) is 11.2 Å². The Kier molecular flexibility index (Phi) is 3.26. The number of nitrogens with one attached hydrogen (secondary N) is 1. The zero-order valence-corrected chi connectivity index (χ0v) is 10.4. The van der Waals surface area contributed by atoms with Crippen LogP contribution in [0, 0.1) is 5.92 Å². The zero-order chi connectivity index (χ0) is 14.3. The third-order valence-corrected chi connectivity index (χ3v) is 3.48. The molecule has 0 unspecified atom stereocenters. The van der Waals surface area contributed by atoms with E-state index in [9.17, 15) is 15.0 Å². The van der Waals surface area contributed by atoms with Crippen molar-refractivity contribution >= 4 is 11.2 Å². The predicted octanol–water partition coefficient (Wildman–Crippen LogP) is -2.02. The van der Waals surface area contributed by atoms with Crippen LogP contribution in [0.4, 0.5) is 0 Å². The van der Waals surface area contributed by atoms with Gasteiger partial charge in [0.2, 0.25) is 0 Å². The number of aromatic amines is 1. The van der Waals surface area contributed by atoms with Crippen molar-refractivity contribution < 1.29 is 20.1 Å². The summed E-state index contributed by atoms with van der Waals surface area (Å²) in [5.74, 6) is -0.549. The van der Waals surface area contributed by atoms with Crippen LogP contribution in [0.2, 0.25) is 0 Å². The summed E-state index contributed by atoms with van der Waals surface area (Å²) in [6, 6.07) is 0. The highest BCUT2D eigenvalue weighted by Crippen LogP contribution is 2.28. The van der Waals surface area contributed by atoms with Gasteiger partial charge in [-0.3, -0.25) is 9.36 Å². The minimum atomic E-state index is -1.25. The quantitative estimate of drug-likeness (QED) is 0.499. The van der Waals surface area contributed by atoms with Gasteiger partial charge in [-0.25, -0.2) is 9.97 Å². The van der Waals surface area contributed by atoms with Crippen LogP contribution in [-0.2, 0) is 4.74 Å². The van der Waals surface area contributed by atoms with Crippen LogP contribution in [0.1, 0.15) is 6.23 Å². The highest BCUT2D eigenvalue weighted by molar-refractivity contribution is 5.68. The van der Waals surface area contributed by atoms with E-state index in [1.807, 2.05) is 0 Å². The Morgan fingerprint density at radius 3 is 2.95 bits per heavy atom. The molecule has 0 spiro atoms. The van der Waals surface area contributed by atoms with Crippen molar-refractivity contribution in [2.75, 3.05) is 13.2 Å². The number of fused-ring (bicyclic) bond motifs is 1. The third kappa shape index (κ3) is 1.91. The van der Waals surface area contributed by atoms with E-state index in [1.54, 1.807) is 0 Å². The molecular weight excluding hydrogens is 268 g/mol. The van der Waals surface area contributed by atoms with E-state index in [0.29, 0.717) is 0 Å². The lowest BCUT2D eigenvalue weighted by Gasteiger charge is -2.37. The molecule has 0 saturated carbocycles. The first kappa shape index (κ1) is 13.2. The second-order valence-corrected chi connectivity index (χ2v) is 4.70. The van der Waals surface area contributed by atoms with Gasteiger partial charge in [-0.15, -0.1) is 0 Å². The van der Waals surface area contributed by atoms with E-state index in [0.717, 1.165) is 0 Å². The molecule has 0 aliphatic carbocycles. The van der Waals surface area contributed by atoms with Gasteiger partial charge in [0, 0.05) is 5.92 Å². The van der Waals surface area contributed by atoms with E-state index < -0.39 is 29.9 Å². The van der Waals surface area contributed by atoms with E-state index in [2.05, 4.69) is 15.0 Å². The number of aliphatic hydroxyl groups is 3. The zero-order valence-electron chi connectivity index (χ0n) is 10.4. The highest BCUT2D eigenvalue weighted by atomic mass is 16.5. The molecule has 9 nitrogen and oxygen atoms in total. The standard InChI is InChI=1S/C11H14N4O5/c16-1-5-2-20-11(8(18)7(5)17)15-4-14-6-9(15)12-3-13-10(6)19/h3-5,7-8,11,16-18H,1-2H2,(H,12,13,19)/t5-,7-,8-,11+/m1/s1. The smallest absolute Gasteiger partial charge is 0.278 e. The van der Waals surface area contributed by atoms with Gasteiger partial charge in [0.1, 0.15) is 6.10 Å². The van der Waals surface area contributed by atoms with Crippen LogP contribution in [0.3, 0.4) is 0 Å². The van der Waals surface area contributed by atoms with Gasteiger partial charge in [-0.05, 0) is 0 Å². The van der Waals surface area contributed by atoms with E-state index >= 15 is 0 Å². The van der Waals surface area contributed by atoms with Crippen molar-refractivity contribution in [3.8, 4) is 0 Å². The van der Waals surface area contributed by atoms with Crippen LogP contribution < -0.4 is 5.56 Å². The lowest BCUT2D eigenvalue weighted by atomic mass is 9.95. The number of ether oxygens (including phenoxy) is 1. The van der Waals surface area contributed by atoms with E-state index in [-0.39, 0.29) is 24.4 Å². The third-order valence-electron chi connectivity index (χ3n) is 3.48. The molecule has 20 heavy (non-hydrogen) atoms. The molecule has 3 heterocycles. The molecule has 0 aromatic carbocycles. The maximum absolute atomic E-state index is 11.6. The van der Waals surface area contributed by atoms with Crippen molar-refractivity contribution in [2.24, 2.45) is 5.92 Å². The van der Waals surface area contributed by atoms with Crippen molar-refractivity contribution in [1.82, 2.24) is 19.5 Å². The number of nitrogens with zero attached hydrogens (tertiary/aromatic N) is 3. The molecule has 0 bridgehead atoms. The fourth-order valence-electron chi connectivity index (χ4n) is 2.32. The Balaban J connectivity index is 2.00. The second-order valence-electron chi connectivity index (χ2n) is 4.70. The Bertz CT molecular complexity index is 668. The highest BCUT2D eigenvalue weighted by Gasteiger charge is 2.39. The van der Waals surface area contributed by atoms with Crippen LogP contribution in [0.5, 0.6) is 0 Å². The largest absolute Gasteiger partial charge is 0.396 e. The SMILES string of the molecule is O=c1[nH]cnc2c1ncn2[C@H]1OC[C@@H](CO)[C@@H](O)[C@H]1O. The Hall–Kier alpha value is -1.81. The van der Waals surface area contributed by atoms with Gasteiger partial charge in [0.05, 0.1) is 32.0 Å². The Labute approximate surface area is 112 Å². The molecule has 9 heteroatoms. The van der Waals surface area contributed by atoms with Crippen molar-refractivity contribution in [1.29, 1.82) is 0 Å².